The van der Waals surface area contributed by atoms with Gasteiger partial charge in [-0.3, -0.25) is 0 Å². The molecular formula is C14H25NO2. The predicted molar refractivity (Wildman–Crippen MR) is 67.1 cm³/mol. The Labute approximate surface area is 104 Å². The van der Waals surface area contributed by atoms with Crippen molar-refractivity contribution in [1.82, 2.24) is 5.32 Å². The lowest BCUT2D eigenvalue weighted by atomic mass is 9.51. The molecule has 3 nitrogen and oxygen atoms in total. The molecule has 0 aromatic rings. The van der Waals surface area contributed by atoms with Crippen LogP contribution in [-0.4, -0.2) is 38.0 Å². The van der Waals surface area contributed by atoms with Gasteiger partial charge in [0, 0.05) is 30.7 Å². The summed E-state index contributed by atoms with van der Waals surface area (Å²) in [5, 5.41) is 3.83. The molecule has 17 heavy (non-hydrogen) atoms. The van der Waals surface area contributed by atoms with Gasteiger partial charge in [-0.1, -0.05) is 6.42 Å². The van der Waals surface area contributed by atoms with Gasteiger partial charge in [-0.2, -0.15) is 0 Å². The van der Waals surface area contributed by atoms with Crippen LogP contribution in [0.25, 0.3) is 0 Å². The summed E-state index contributed by atoms with van der Waals surface area (Å²) in [7, 11) is 0. The molecule has 2 saturated carbocycles. The predicted octanol–water partition coefficient (Wildman–Crippen LogP) is 2.10. The second kappa shape index (κ2) is 4.87. The van der Waals surface area contributed by atoms with E-state index >= 15 is 0 Å². The van der Waals surface area contributed by atoms with E-state index in [4.69, 9.17) is 9.47 Å². The molecule has 0 aromatic carbocycles. The maximum atomic E-state index is 5.88. The van der Waals surface area contributed by atoms with Crippen LogP contribution in [0.5, 0.6) is 0 Å². The monoisotopic (exact) mass is 239 g/mol. The first kappa shape index (κ1) is 11.9. The molecule has 1 heterocycles. The first-order valence-electron chi connectivity index (χ1n) is 7.30. The van der Waals surface area contributed by atoms with Crippen molar-refractivity contribution in [2.75, 3.05) is 19.8 Å². The Morgan fingerprint density at radius 1 is 1.35 bits per heavy atom. The molecule has 2 aliphatic carbocycles. The number of hydrogen-bond acceptors (Lipinski definition) is 3. The van der Waals surface area contributed by atoms with Crippen molar-refractivity contribution in [2.24, 2.45) is 5.41 Å². The molecule has 3 unspecified atom stereocenters. The van der Waals surface area contributed by atoms with Crippen molar-refractivity contribution in [2.45, 2.75) is 63.6 Å². The van der Waals surface area contributed by atoms with E-state index in [0.29, 0.717) is 23.6 Å². The van der Waals surface area contributed by atoms with Crippen LogP contribution >= 0.6 is 0 Å². The summed E-state index contributed by atoms with van der Waals surface area (Å²) < 4.78 is 11.4. The lowest BCUT2D eigenvalue weighted by molar-refractivity contribution is -0.176. The third kappa shape index (κ3) is 2.02. The Hall–Kier alpha value is -0.120. The van der Waals surface area contributed by atoms with Crippen molar-refractivity contribution in [3.63, 3.8) is 0 Å². The number of hydrogen-bond donors (Lipinski definition) is 1. The van der Waals surface area contributed by atoms with Gasteiger partial charge in [0.2, 0.25) is 0 Å². The molecule has 1 aliphatic heterocycles. The second-order valence-corrected chi connectivity index (χ2v) is 5.90. The largest absolute Gasteiger partial charge is 0.380 e. The van der Waals surface area contributed by atoms with Crippen molar-refractivity contribution < 1.29 is 9.47 Å². The van der Waals surface area contributed by atoms with Crippen LogP contribution in [0.1, 0.15) is 45.4 Å². The van der Waals surface area contributed by atoms with Gasteiger partial charge in [-0.25, -0.2) is 0 Å². The van der Waals surface area contributed by atoms with Crippen LogP contribution in [0.15, 0.2) is 0 Å². The van der Waals surface area contributed by atoms with E-state index in [0.717, 1.165) is 19.8 Å². The van der Waals surface area contributed by atoms with E-state index in [1.807, 2.05) is 0 Å². The maximum Gasteiger partial charge on any atom is 0.0661 e. The van der Waals surface area contributed by atoms with Gasteiger partial charge in [0.1, 0.15) is 0 Å². The van der Waals surface area contributed by atoms with Crippen molar-refractivity contribution in [3.05, 3.63) is 0 Å². The van der Waals surface area contributed by atoms with Crippen LogP contribution in [-0.2, 0) is 9.47 Å². The van der Waals surface area contributed by atoms with Crippen LogP contribution < -0.4 is 5.32 Å². The summed E-state index contributed by atoms with van der Waals surface area (Å²) in [4.78, 5) is 0. The van der Waals surface area contributed by atoms with E-state index in [-0.39, 0.29) is 0 Å². The fourth-order valence-corrected chi connectivity index (χ4v) is 3.83. The maximum absolute atomic E-state index is 5.88. The Bertz CT molecular complexity index is 259. The molecule has 3 rings (SSSR count). The molecule has 1 saturated heterocycles. The minimum Gasteiger partial charge on any atom is -0.380 e. The average Bonchev–Trinajstić information content (AvgIpc) is 2.27. The van der Waals surface area contributed by atoms with Crippen molar-refractivity contribution in [3.8, 4) is 0 Å². The Morgan fingerprint density at radius 3 is 2.82 bits per heavy atom. The highest BCUT2D eigenvalue weighted by atomic mass is 16.5. The Balaban J connectivity index is 1.54. The summed E-state index contributed by atoms with van der Waals surface area (Å²) in [6, 6.07) is 1.29. The molecule has 0 bridgehead atoms. The highest BCUT2D eigenvalue weighted by Crippen LogP contribution is 2.57. The van der Waals surface area contributed by atoms with E-state index in [9.17, 15) is 0 Å². The fraction of sp³-hybridized carbons (Fsp3) is 1.00. The average molecular weight is 239 g/mol. The van der Waals surface area contributed by atoms with E-state index in [1.165, 1.54) is 38.5 Å². The number of ether oxygens (including phenoxy) is 2. The SMILES string of the molecule is CCOC1CC(NC2CCCOC2)C12CCC2. The summed E-state index contributed by atoms with van der Waals surface area (Å²) in [5.41, 5.74) is 0.494. The topological polar surface area (TPSA) is 30.5 Å². The van der Waals surface area contributed by atoms with E-state index in [1.54, 1.807) is 0 Å². The molecule has 0 radical (unpaired) electrons. The van der Waals surface area contributed by atoms with Gasteiger partial charge >= 0.3 is 0 Å². The first-order valence-corrected chi connectivity index (χ1v) is 7.30. The van der Waals surface area contributed by atoms with Crippen molar-refractivity contribution >= 4 is 0 Å². The minimum absolute atomic E-state index is 0.494. The van der Waals surface area contributed by atoms with Crippen molar-refractivity contribution in [1.29, 1.82) is 0 Å². The molecule has 1 spiro atoms. The van der Waals surface area contributed by atoms with E-state index in [2.05, 4.69) is 12.2 Å². The zero-order valence-electron chi connectivity index (χ0n) is 10.9. The third-order valence-corrected chi connectivity index (χ3v) is 5.03. The Morgan fingerprint density at radius 2 is 2.24 bits per heavy atom. The molecule has 0 aromatic heterocycles. The quantitative estimate of drug-likeness (QED) is 0.815. The summed E-state index contributed by atoms with van der Waals surface area (Å²) in [5.74, 6) is 0. The highest BCUT2D eigenvalue weighted by molar-refractivity contribution is 5.12. The molecule has 1 N–H and O–H groups in total. The van der Waals surface area contributed by atoms with E-state index < -0.39 is 0 Å². The van der Waals surface area contributed by atoms with Gasteiger partial charge in [-0.05, 0) is 39.0 Å². The molecule has 0 amide bonds. The van der Waals surface area contributed by atoms with Crippen LogP contribution in [0.2, 0.25) is 0 Å². The third-order valence-electron chi connectivity index (χ3n) is 5.03. The number of rotatable bonds is 4. The minimum atomic E-state index is 0.494. The zero-order valence-corrected chi connectivity index (χ0v) is 10.9. The van der Waals surface area contributed by atoms with Gasteiger partial charge in [0.15, 0.2) is 0 Å². The van der Waals surface area contributed by atoms with Crippen LogP contribution in [0.3, 0.4) is 0 Å². The molecule has 98 valence electrons. The van der Waals surface area contributed by atoms with Crippen LogP contribution in [0.4, 0.5) is 0 Å². The fourth-order valence-electron chi connectivity index (χ4n) is 3.83. The number of nitrogens with one attached hydrogen (secondary N) is 1. The summed E-state index contributed by atoms with van der Waals surface area (Å²) in [6.07, 6.45) is 8.36. The molecule has 3 fully saturated rings. The summed E-state index contributed by atoms with van der Waals surface area (Å²) in [6.45, 7) is 4.84. The first-order chi connectivity index (χ1) is 8.35. The Kier molecular flexibility index (Phi) is 3.42. The molecule has 3 aliphatic rings. The molecular weight excluding hydrogens is 214 g/mol. The lowest BCUT2D eigenvalue weighted by Crippen LogP contribution is -2.68. The normalized spacial score (nSPS) is 39.7. The van der Waals surface area contributed by atoms with Gasteiger partial charge in [0.05, 0.1) is 12.7 Å². The standard InChI is InChI=1S/C14H25NO2/c1-2-17-13-9-12(14(13)6-4-7-14)15-11-5-3-8-16-10-11/h11-13,15H,2-10H2,1H3. The van der Waals surface area contributed by atoms with Gasteiger partial charge < -0.3 is 14.8 Å². The molecule has 3 atom stereocenters. The lowest BCUT2D eigenvalue weighted by Gasteiger charge is -2.62. The summed E-state index contributed by atoms with van der Waals surface area (Å²) >= 11 is 0. The van der Waals surface area contributed by atoms with Gasteiger partial charge in [-0.15, -0.1) is 0 Å². The second-order valence-electron chi connectivity index (χ2n) is 5.90. The van der Waals surface area contributed by atoms with Gasteiger partial charge in [0.25, 0.3) is 0 Å². The zero-order chi connectivity index (χ0) is 11.7. The van der Waals surface area contributed by atoms with Crippen LogP contribution in [0, 0.1) is 5.41 Å². The highest BCUT2D eigenvalue weighted by Gasteiger charge is 2.58. The smallest absolute Gasteiger partial charge is 0.0661 e. The molecule has 3 heteroatoms.